The average Bonchev–Trinajstić information content (AvgIpc) is 2.55. The first-order valence-electron chi connectivity index (χ1n) is 8.22. The number of alkyl halides is 6. The van der Waals surface area contributed by atoms with Crippen molar-refractivity contribution in [1.82, 2.24) is 0 Å². The van der Waals surface area contributed by atoms with Crippen molar-refractivity contribution >= 4 is 17.7 Å². The quantitative estimate of drug-likeness (QED) is 0.541. The first kappa shape index (κ1) is 25.1. The van der Waals surface area contributed by atoms with Crippen LogP contribution in [0, 0.1) is 17.2 Å². The molecule has 0 aliphatic carbocycles. The van der Waals surface area contributed by atoms with Gasteiger partial charge in [-0.15, -0.1) is 0 Å². The summed E-state index contributed by atoms with van der Waals surface area (Å²) in [4.78, 5) is 23.4. The number of methoxy groups -OCH3 is 1. The maximum absolute atomic E-state index is 13.8. The molecular weight excluding hydrogens is 422 g/mol. The minimum Gasteiger partial charge on any atom is -0.468 e. The van der Waals surface area contributed by atoms with Gasteiger partial charge in [-0.25, -0.2) is 4.79 Å². The van der Waals surface area contributed by atoms with E-state index in [0.29, 0.717) is 19.2 Å². The number of carbonyl (C=O) groups is 2. The first-order chi connectivity index (χ1) is 13.5. The number of benzene rings is 1. The van der Waals surface area contributed by atoms with E-state index in [2.05, 4.69) is 10.1 Å². The Hall–Kier alpha value is -2.97. The summed E-state index contributed by atoms with van der Waals surface area (Å²) in [7, 11) is 0.567. The summed E-state index contributed by atoms with van der Waals surface area (Å²) >= 11 is 0. The van der Waals surface area contributed by atoms with E-state index in [-0.39, 0.29) is 5.69 Å². The molecule has 0 radical (unpaired) electrons. The smallest absolute Gasteiger partial charge is 0.412 e. The van der Waals surface area contributed by atoms with Gasteiger partial charge in [-0.1, -0.05) is 12.1 Å². The third-order valence-corrected chi connectivity index (χ3v) is 3.88. The van der Waals surface area contributed by atoms with Crippen LogP contribution < -0.4 is 5.32 Å². The van der Waals surface area contributed by atoms with Gasteiger partial charge in [0, 0.05) is 5.69 Å². The summed E-state index contributed by atoms with van der Waals surface area (Å²) in [5, 5.41) is 11.2. The molecule has 0 aliphatic heterocycles. The molecule has 0 bridgehead atoms. The standard InChI is InChI=1S/C18H18F6N2O4/c1-15(2,3)30-14(28)26-11-7-5-10(6-8-11)16(17(19,20)21,18(22,23)24)12(9-25)13(27)29-4/h5-8,12H,1-4H3,(H,26,28). The van der Waals surface area contributed by atoms with Crippen LogP contribution in [-0.2, 0) is 19.7 Å². The van der Waals surface area contributed by atoms with Gasteiger partial charge < -0.3 is 9.47 Å². The predicted molar refractivity (Wildman–Crippen MR) is 91.2 cm³/mol. The van der Waals surface area contributed by atoms with Crippen molar-refractivity contribution < 1.29 is 45.4 Å². The van der Waals surface area contributed by atoms with E-state index in [9.17, 15) is 35.9 Å². The van der Waals surface area contributed by atoms with Crippen molar-refractivity contribution in [3.05, 3.63) is 29.8 Å². The van der Waals surface area contributed by atoms with Gasteiger partial charge in [-0.2, -0.15) is 31.6 Å². The second-order valence-electron chi connectivity index (χ2n) is 7.09. The van der Waals surface area contributed by atoms with E-state index in [1.165, 1.54) is 0 Å². The van der Waals surface area contributed by atoms with Crippen LogP contribution in [0.2, 0.25) is 0 Å². The Kier molecular flexibility index (Phi) is 7.03. The largest absolute Gasteiger partial charge is 0.468 e. The molecule has 1 aromatic carbocycles. The molecule has 0 saturated heterocycles. The number of ether oxygens (including phenoxy) is 2. The van der Waals surface area contributed by atoms with Crippen LogP contribution in [0.25, 0.3) is 0 Å². The Labute approximate surface area is 167 Å². The van der Waals surface area contributed by atoms with Crippen LogP contribution in [0.3, 0.4) is 0 Å². The van der Waals surface area contributed by atoms with Crippen molar-refractivity contribution in [2.45, 2.75) is 44.1 Å². The minimum atomic E-state index is -6.08. The van der Waals surface area contributed by atoms with Crippen LogP contribution in [0.4, 0.5) is 36.8 Å². The van der Waals surface area contributed by atoms with Gasteiger partial charge in [-0.05, 0) is 38.5 Å². The maximum Gasteiger partial charge on any atom is 0.412 e. The predicted octanol–water partition coefficient (Wildman–Crippen LogP) is 4.71. The topological polar surface area (TPSA) is 88.4 Å². The maximum atomic E-state index is 13.8. The average molecular weight is 440 g/mol. The number of carbonyl (C=O) groups excluding carboxylic acids is 2. The molecule has 1 aromatic rings. The Morgan fingerprint density at radius 1 is 1.00 bits per heavy atom. The lowest BCUT2D eigenvalue weighted by atomic mass is 9.69. The fourth-order valence-corrected chi connectivity index (χ4v) is 2.66. The van der Waals surface area contributed by atoms with Gasteiger partial charge in [0.1, 0.15) is 5.60 Å². The Morgan fingerprint density at radius 3 is 1.80 bits per heavy atom. The SMILES string of the molecule is COC(=O)C(C#N)C(c1ccc(NC(=O)OC(C)(C)C)cc1)(C(F)(F)F)C(F)(F)F. The fourth-order valence-electron chi connectivity index (χ4n) is 2.66. The zero-order chi connectivity index (χ0) is 23.5. The Bertz CT molecular complexity index is 806. The molecule has 0 fully saturated rings. The second-order valence-corrected chi connectivity index (χ2v) is 7.09. The molecule has 1 N–H and O–H groups in total. The molecule has 0 aromatic heterocycles. The van der Waals surface area contributed by atoms with E-state index in [1.807, 2.05) is 0 Å². The molecular formula is C18H18F6N2O4. The molecule has 0 saturated carbocycles. The molecule has 166 valence electrons. The third-order valence-electron chi connectivity index (χ3n) is 3.88. The molecule has 1 rings (SSSR count). The lowest BCUT2D eigenvalue weighted by Crippen LogP contribution is -2.60. The molecule has 1 unspecified atom stereocenters. The van der Waals surface area contributed by atoms with Crippen LogP contribution >= 0.6 is 0 Å². The number of hydrogen-bond donors (Lipinski definition) is 1. The van der Waals surface area contributed by atoms with Crippen molar-refractivity contribution in [1.29, 1.82) is 5.26 Å². The minimum absolute atomic E-state index is 0.169. The summed E-state index contributed by atoms with van der Waals surface area (Å²) in [6.07, 6.45) is -13.2. The summed E-state index contributed by atoms with van der Waals surface area (Å²) in [6.45, 7) is 4.64. The number of halogens is 6. The highest BCUT2D eigenvalue weighted by molar-refractivity contribution is 5.85. The van der Waals surface area contributed by atoms with Crippen molar-refractivity contribution in [2.75, 3.05) is 12.4 Å². The fraction of sp³-hybridized carbons (Fsp3) is 0.500. The van der Waals surface area contributed by atoms with Gasteiger partial charge in [0.15, 0.2) is 5.92 Å². The Balaban J connectivity index is 3.55. The summed E-state index contributed by atoms with van der Waals surface area (Å²) in [5.41, 5.74) is -7.34. The number of nitrogens with one attached hydrogen (secondary N) is 1. The van der Waals surface area contributed by atoms with Crippen molar-refractivity contribution in [3.63, 3.8) is 0 Å². The molecule has 30 heavy (non-hydrogen) atoms. The number of nitrogens with zero attached hydrogens (tertiary/aromatic N) is 1. The van der Waals surface area contributed by atoms with Crippen molar-refractivity contribution in [2.24, 2.45) is 5.92 Å². The zero-order valence-corrected chi connectivity index (χ0v) is 16.2. The van der Waals surface area contributed by atoms with Crippen LogP contribution in [0.15, 0.2) is 24.3 Å². The van der Waals surface area contributed by atoms with Crippen molar-refractivity contribution in [3.8, 4) is 6.07 Å². The Morgan fingerprint density at radius 2 is 1.47 bits per heavy atom. The van der Waals surface area contributed by atoms with E-state index in [1.54, 1.807) is 20.8 Å². The number of hydrogen-bond acceptors (Lipinski definition) is 5. The lowest BCUT2D eigenvalue weighted by molar-refractivity contribution is -0.313. The number of esters is 1. The van der Waals surface area contributed by atoms with Gasteiger partial charge in [0.2, 0.25) is 5.41 Å². The molecule has 12 heteroatoms. The lowest BCUT2D eigenvalue weighted by Gasteiger charge is -2.39. The highest BCUT2D eigenvalue weighted by Crippen LogP contribution is 2.56. The van der Waals surface area contributed by atoms with E-state index < -0.39 is 46.9 Å². The van der Waals surface area contributed by atoms with E-state index >= 15 is 0 Å². The number of rotatable bonds is 4. The summed E-state index contributed by atoms with van der Waals surface area (Å²) < 4.78 is 91.9. The first-order valence-corrected chi connectivity index (χ1v) is 8.22. The third kappa shape index (κ3) is 4.95. The molecule has 6 nitrogen and oxygen atoms in total. The molecule has 1 amide bonds. The van der Waals surface area contributed by atoms with Crippen LogP contribution in [-0.4, -0.2) is 37.1 Å². The summed E-state index contributed by atoms with van der Waals surface area (Å²) in [6, 6.07) is 3.13. The normalized spacial score (nSPS) is 13.8. The molecule has 0 spiro atoms. The van der Waals surface area contributed by atoms with Crippen LogP contribution in [0.1, 0.15) is 26.3 Å². The summed E-state index contributed by atoms with van der Waals surface area (Å²) in [5.74, 6) is -5.25. The number of nitriles is 1. The van der Waals surface area contributed by atoms with Gasteiger partial charge in [0.05, 0.1) is 13.2 Å². The highest BCUT2D eigenvalue weighted by Gasteiger charge is 2.77. The molecule has 0 aliphatic rings. The number of anilines is 1. The number of amides is 1. The zero-order valence-electron chi connectivity index (χ0n) is 16.2. The van der Waals surface area contributed by atoms with Crippen LogP contribution in [0.5, 0.6) is 0 Å². The highest BCUT2D eigenvalue weighted by atomic mass is 19.4. The van der Waals surface area contributed by atoms with Gasteiger partial charge in [0.25, 0.3) is 0 Å². The molecule has 1 atom stereocenters. The van der Waals surface area contributed by atoms with E-state index in [4.69, 9.17) is 10.00 Å². The van der Waals surface area contributed by atoms with Gasteiger partial charge in [-0.3, -0.25) is 10.1 Å². The second kappa shape index (κ2) is 8.41. The molecule has 0 heterocycles. The monoisotopic (exact) mass is 440 g/mol. The van der Waals surface area contributed by atoms with Gasteiger partial charge >= 0.3 is 24.4 Å². The van der Waals surface area contributed by atoms with E-state index in [0.717, 1.165) is 18.2 Å².